The van der Waals surface area contributed by atoms with E-state index >= 15 is 0 Å². The van der Waals surface area contributed by atoms with E-state index in [1.54, 1.807) is 5.32 Å². The van der Waals surface area contributed by atoms with Crippen molar-refractivity contribution in [1.82, 2.24) is 10.6 Å². The number of carbonyl (C=O) groups is 2. The normalized spacial score (nSPS) is 10.7. The van der Waals surface area contributed by atoms with Crippen LogP contribution in [0.2, 0.25) is 0 Å². The Labute approximate surface area is 121 Å². The van der Waals surface area contributed by atoms with Gasteiger partial charge in [0.2, 0.25) is 5.91 Å². The van der Waals surface area contributed by atoms with Crippen LogP contribution < -0.4 is 16.0 Å². The van der Waals surface area contributed by atoms with Gasteiger partial charge in [-0.05, 0) is 6.07 Å². The van der Waals surface area contributed by atoms with E-state index in [0.29, 0.717) is 0 Å². The molecule has 22 heavy (non-hydrogen) atoms. The molecular formula is C11H11F3N4O4. The van der Waals surface area contributed by atoms with Gasteiger partial charge in [0.1, 0.15) is 6.54 Å². The summed E-state index contributed by atoms with van der Waals surface area (Å²) in [5, 5.41) is 16.2. The molecule has 8 nitrogen and oxygen atoms in total. The Hall–Kier alpha value is -2.85. The van der Waals surface area contributed by atoms with Crippen LogP contribution in [0, 0.1) is 10.1 Å². The minimum Gasteiger partial charge on any atom is -0.376 e. The summed E-state index contributed by atoms with van der Waals surface area (Å²) in [5.41, 5.74) is 0.0494. The molecule has 0 atom stereocenters. The van der Waals surface area contributed by atoms with E-state index < -0.39 is 36.1 Å². The Morgan fingerprint density at radius 1 is 1.27 bits per heavy atom. The maximum absolute atomic E-state index is 11.8. The van der Waals surface area contributed by atoms with Crippen LogP contribution in [0.4, 0.5) is 29.3 Å². The summed E-state index contributed by atoms with van der Waals surface area (Å²) in [6.45, 7) is -2.01. The van der Waals surface area contributed by atoms with Crippen LogP contribution in [0.25, 0.3) is 0 Å². The first kappa shape index (κ1) is 17.2. The zero-order chi connectivity index (χ0) is 16.8. The van der Waals surface area contributed by atoms with E-state index in [1.807, 2.05) is 0 Å². The number of rotatable bonds is 5. The first-order valence-corrected chi connectivity index (χ1v) is 5.80. The number of nitrogens with zero attached hydrogens (tertiary/aromatic N) is 1. The zero-order valence-electron chi connectivity index (χ0n) is 10.9. The van der Waals surface area contributed by atoms with Gasteiger partial charge in [-0.2, -0.15) is 13.2 Å². The van der Waals surface area contributed by atoms with Crippen molar-refractivity contribution in [2.45, 2.75) is 6.18 Å². The lowest BCUT2D eigenvalue weighted by atomic mass is 10.3. The van der Waals surface area contributed by atoms with Gasteiger partial charge in [-0.25, -0.2) is 4.79 Å². The molecule has 0 aliphatic heterocycles. The van der Waals surface area contributed by atoms with Gasteiger partial charge in [0, 0.05) is 17.8 Å². The maximum atomic E-state index is 11.8. The van der Waals surface area contributed by atoms with Crippen LogP contribution in [-0.4, -0.2) is 36.1 Å². The summed E-state index contributed by atoms with van der Waals surface area (Å²) in [6, 6.07) is 3.95. The van der Waals surface area contributed by atoms with E-state index in [1.165, 1.54) is 23.5 Å². The minimum absolute atomic E-state index is 0.201. The molecule has 0 heterocycles. The summed E-state index contributed by atoms with van der Waals surface area (Å²) in [5.74, 6) is -0.897. The Morgan fingerprint density at radius 2 is 1.95 bits per heavy atom. The molecule has 1 rings (SSSR count). The number of nitro benzene ring substituents is 1. The Morgan fingerprint density at radius 3 is 2.55 bits per heavy atom. The topological polar surface area (TPSA) is 113 Å². The lowest BCUT2D eigenvalue weighted by molar-refractivity contribution is -0.384. The second kappa shape index (κ2) is 7.24. The highest BCUT2D eigenvalue weighted by Crippen LogP contribution is 2.16. The number of nitro groups is 1. The summed E-state index contributed by atoms with van der Waals surface area (Å²) >= 11 is 0. The van der Waals surface area contributed by atoms with E-state index in [0.717, 1.165) is 6.07 Å². The van der Waals surface area contributed by atoms with Gasteiger partial charge in [-0.1, -0.05) is 6.07 Å². The number of amides is 3. The van der Waals surface area contributed by atoms with Gasteiger partial charge in [0.15, 0.2) is 0 Å². The fourth-order valence-electron chi connectivity index (χ4n) is 1.31. The molecule has 0 bridgehead atoms. The molecule has 0 spiro atoms. The van der Waals surface area contributed by atoms with Crippen molar-refractivity contribution in [1.29, 1.82) is 0 Å². The molecular weight excluding hydrogens is 309 g/mol. The number of hydrogen-bond acceptors (Lipinski definition) is 5. The first-order chi connectivity index (χ1) is 10.2. The SMILES string of the molecule is O=C(CNc1cccc([N+](=O)[O-])c1)NC(=O)NCC(F)(F)F. The van der Waals surface area contributed by atoms with Crippen LogP contribution >= 0.6 is 0 Å². The van der Waals surface area contributed by atoms with Crippen molar-refractivity contribution in [3.63, 3.8) is 0 Å². The molecule has 0 aliphatic carbocycles. The number of urea groups is 1. The molecule has 1 aromatic carbocycles. The third kappa shape index (κ3) is 6.54. The number of non-ortho nitro benzene ring substituents is 1. The molecule has 0 saturated carbocycles. The van der Waals surface area contributed by atoms with Gasteiger partial charge in [0.25, 0.3) is 5.69 Å². The number of nitrogens with one attached hydrogen (secondary N) is 3. The number of hydrogen-bond donors (Lipinski definition) is 3. The maximum Gasteiger partial charge on any atom is 0.405 e. The summed E-state index contributed by atoms with van der Waals surface area (Å²) in [4.78, 5) is 32.2. The first-order valence-electron chi connectivity index (χ1n) is 5.80. The second-order valence-electron chi connectivity index (χ2n) is 4.01. The van der Waals surface area contributed by atoms with Gasteiger partial charge in [-0.3, -0.25) is 20.2 Å². The smallest absolute Gasteiger partial charge is 0.376 e. The van der Waals surface area contributed by atoms with Crippen molar-refractivity contribution in [2.75, 3.05) is 18.4 Å². The molecule has 3 amide bonds. The number of halogens is 3. The predicted octanol–water partition coefficient (Wildman–Crippen LogP) is 1.39. The van der Waals surface area contributed by atoms with E-state index in [2.05, 4.69) is 5.32 Å². The van der Waals surface area contributed by atoms with Crippen molar-refractivity contribution < 1.29 is 27.7 Å². The van der Waals surface area contributed by atoms with Gasteiger partial charge >= 0.3 is 12.2 Å². The molecule has 0 fully saturated rings. The molecule has 1 aromatic rings. The summed E-state index contributed by atoms with van der Waals surface area (Å²) in [6.07, 6.45) is -4.58. The summed E-state index contributed by atoms with van der Waals surface area (Å²) in [7, 11) is 0. The molecule has 11 heteroatoms. The lowest BCUT2D eigenvalue weighted by Gasteiger charge is -2.09. The van der Waals surface area contributed by atoms with Crippen molar-refractivity contribution in [2.24, 2.45) is 0 Å². The minimum atomic E-state index is -4.58. The molecule has 120 valence electrons. The average molecular weight is 320 g/mol. The monoisotopic (exact) mass is 320 g/mol. The Balaban J connectivity index is 2.41. The second-order valence-corrected chi connectivity index (χ2v) is 4.01. The van der Waals surface area contributed by atoms with Crippen LogP contribution in [0.5, 0.6) is 0 Å². The van der Waals surface area contributed by atoms with Crippen molar-refractivity contribution in [3.8, 4) is 0 Å². The third-order valence-electron chi connectivity index (χ3n) is 2.21. The highest BCUT2D eigenvalue weighted by Gasteiger charge is 2.27. The highest BCUT2D eigenvalue weighted by molar-refractivity contribution is 5.96. The van der Waals surface area contributed by atoms with E-state index in [-0.39, 0.29) is 11.4 Å². The third-order valence-corrected chi connectivity index (χ3v) is 2.21. The Bertz CT molecular complexity index is 577. The molecule has 0 aromatic heterocycles. The number of anilines is 1. The quantitative estimate of drug-likeness (QED) is 0.560. The van der Waals surface area contributed by atoms with Crippen LogP contribution in [-0.2, 0) is 4.79 Å². The predicted molar refractivity (Wildman–Crippen MR) is 69.2 cm³/mol. The van der Waals surface area contributed by atoms with Crippen molar-refractivity contribution >= 4 is 23.3 Å². The van der Waals surface area contributed by atoms with E-state index in [9.17, 15) is 32.9 Å². The number of benzene rings is 1. The van der Waals surface area contributed by atoms with E-state index in [4.69, 9.17) is 0 Å². The number of imide groups is 1. The molecule has 3 N–H and O–H groups in total. The van der Waals surface area contributed by atoms with Crippen LogP contribution in [0.1, 0.15) is 0 Å². The molecule has 0 aliphatic rings. The lowest BCUT2D eigenvalue weighted by Crippen LogP contribution is -2.45. The van der Waals surface area contributed by atoms with Gasteiger partial charge in [0.05, 0.1) is 11.5 Å². The van der Waals surface area contributed by atoms with Crippen LogP contribution in [0.15, 0.2) is 24.3 Å². The molecule has 0 unspecified atom stereocenters. The van der Waals surface area contributed by atoms with Gasteiger partial charge < -0.3 is 10.6 Å². The van der Waals surface area contributed by atoms with Crippen LogP contribution in [0.3, 0.4) is 0 Å². The number of carbonyl (C=O) groups excluding carboxylic acids is 2. The molecule has 0 saturated heterocycles. The fraction of sp³-hybridized carbons (Fsp3) is 0.273. The highest BCUT2D eigenvalue weighted by atomic mass is 19.4. The van der Waals surface area contributed by atoms with Gasteiger partial charge in [-0.15, -0.1) is 0 Å². The molecule has 0 radical (unpaired) electrons. The van der Waals surface area contributed by atoms with Crippen molar-refractivity contribution in [3.05, 3.63) is 34.4 Å². The largest absolute Gasteiger partial charge is 0.405 e. The zero-order valence-corrected chi connectivity index (χ0v) is 10.9. The number of alkyl halides is 3. The Kier molecular flexibility index (Phi) is 5.66. The fourth-order valence-corrected chi connectivity index (χ4v) is 1.31. The average Bonchev–Trinajstić information content (AvgIpc) is 2.42. The standard InChI is InChI=1S/C11H11F3N4O4/c12-11(13,14)6-16-10(20)17-9(19)5-15-7-2-1-3-8(4-7)18(21)22/h1-4,15H,5-6H2,(H2,16,17,19,20). The summed E-state index contributed by atoms with van der Waals surface area (Å²) < 4.78 is 35.5.